The fourth-order valence-electron chi connectivity index (χ4n) is 1.94. The number of hydrogen-bond acceptors (Lipinski definition) is 0. The average molecular weight is 204 g/mol. The molecule has 0 bridgehead atoms. The van der Waals surface area contributed by atoms with Gasteiger partial charge in [0.1, 0.15) is 0 Å². The molecule has 0 aliphatic heterocycles. The average Bonchev–Trinajstić information content (AvgIpc) is 2.18. The molecule has 1 aliphatic rings. The SMILES string of the molecule is CC(C)=CCC[C@H](C)C1C=CC(C)C=C1. The highest BCUT2D eigenvalue weighted by Gasteiger charge is 2.13. The van der Waals surface area contributed by atoms with Gasteiger partial charge in [-0.2, -0.15) is 0 Å². The molecule has 0 spiro atoms. The molecular formula is C15H24. The normalized spacial score (nSPS) is 26.4. The third kappa shape index (κ3) is 4.51. The van der Waals surface area contributed by atoms with Crippen LogP contribution < -0.4 is 0 Å². The van der Waals surface area contributed by atoms with Crippen molar-refractivity contribution in [1.29, 1.82) is 0 Å². The molecule has 0 amide bonds. The van der Waals surface area contributed by atoms with E-state index in [4.69, 9.17) is 0 Å². The van der Waals surface area contributed by atoms with Crippen LogP contribution in [-0.4, -0.2) is 0 Å². The smallest absolute Gasteiger partial charge is 0.00273 e. The Balaban J connectivity index is 2.35. The predicted octanol–water partition coefficient (Wildman–Crippen LogP) is 4.75. The maximum Gasteiger partial charge on any atom is -0.00273 e. The molecule has 0 radical (unpaired) electrons. The van der Waals surface area contributed by atoms with E-state index < -0.39 is 0 Å². The summed E-state index contributed by atoms with van der Waals surface area (Å²) in [6.45, 7) is 8.94. The van der Waals surface area contributed by atoms with Gasteiger partial charge in [-0.3, -0.25) is 0 Å². The Morgan fingerprint density at radius 1 is 1.20 bits per heavy atom. The Hall–Kier alpha value is -0.780. The molecule has 15 heavy (non-hydrogen) atoms. The van der Waals surface area contributed by atoms with Gasteiger partial charge in [0, 0.05) is 0 Å². The molecule has 1 rings (SSSR count). The quantitative estimate of drug-likeness (QED) is 0.580. The lowest BCUT2D eigenvalue weighted by atomic mass is 9.85. The monoisotopic (exact) mass is 204 g/mol. The molecule has 0 heterocycles. The molecule has 0 heteroatoms. The van der Waals surface area contributed by atoms with Gasteiger partial charge < -0.3 is 0 Å². The fourth-order valence-corrected chi connectivity index (χ4v) is 1.94. The summed E-state index contributed by atoms with van der Waals surface area (Å²) in [5, 5.41) is 0. The van der Waals surface area contributed by atoms with E-state index in [1.165, 1.54) is 18.4 Å². The zero-order chi connectivity index (χ0) is 11.3. The Labute approximate surface area is 94.8 Å². The maximum atomic E-state index is 2.37. The first kappa shape index (κ1) is 12.3. The number of allylic oxidation sites excluding steroid dienone is 6. The molecule has 0 aromatic carbocycles. The van der Waals surface area contributed by atoms with Crippen LogP contribution in [0.25, 0.3) is 0 Å². The van der Waals surface area contributed by atoms with Crippen molar-refractivity contribution in [3.63, 3.8) is 0 Å². The molecule has 1 aliphatic carbocycles. The predicted molar refractivity (Wildman–Crippen MR) is 68.8 cm³/mol. The molecule has 0 aromatic heterocycles. The van der Waals surface area contributed by atoms with Gasteiger partial charge in [-0.15, -0.1) is 0 Å². The third-order valence-electron chi connectivity index (χ3n) is 3.11. The van der Waals surface area contributed by atoms with Crippen LogP contribution in [0.5, 0.6) is 0 Å². The highest BCUT2D eigenvalue weighted by molar-refractivity contribution is 5.13. The standard InChI is InChI=1S/C15H24/c1-12(2)6-5-7-14(4)15-10-8-13(3)9-11-15/h6,8-11,13-15H,5,7H2,1-4H3/t13?,14-,15?/m0/s1. The van der Waals surface area contributed by atoms with Gasteiger partial charge >= 0.3 is 0 Å². The van der Waals surface area contributed by atoms with Gasteiger partial charge in [0.15, 0.2) is 0 Å². The molecule has 0 unspecified atom stereocenters. The van der Waals surface area contributed by atoms with Crippen molar-refractivity contribution in [1.82, 2.24) is 0 Å². The van der Waals surface area contributed by atoms with Crippen molar-refractivity contribution in [3.8, 4) is 0 Å². The van der Waals surface area contributed by atoms with Gasteiger partial charge in [-0.05, 0) is 44.4 Å². The van der Waals surface area contributed by atoms with Crippen LogP contribution in [0.15, 0.2) is 36.0 Å². The van der Waals surface area contributed by atoms with Crippen molar-refractivity contribution < 1.29 is 0 Å². The summed E-state index contributed by atoms with van der Waals surface area (Å²) >= 11 is 0. The minimum atomic E-state index is 0.631. The summed E-state index contributed by atoms with van der Waals surface area (Å²) in [5.74, 6) is 2.05. The molecule has 0 N–H and O–H groups in total. The number of rotatable bonds is 4. The van der Waals surface area contributed by atoms with Crippen molar-refractivity contribution in [2.45, 2.75) is 40.5 Å². The van der Waals surface area contributed by atoms with E-state index in [1.807, 2.05) is 0 Å². The summed E-state index contributed by atoms with van der Waals surface area (Å²) in [7, 11) is 0. The van der Waals surface area contributed by atoms with E-state index in [9.17, 15) is 0 Å². The van der Waals surface area contributed by atoms with Crippen LogP contribution in [0.1, 0.15) is 40.5 Å². The van der Waals surface area contributed by atoms with Gasteiger partial charge in [0.05, 0.1) is 0 Å². The van der Waals surface area contributed by atoms with Crippen LogP contribution in [0.3, 0.4) is 0 Å². The minimum Gasteiger partial charge on any atom is -0.0859 e. The lowest BCUT2D eigenvalue weighted by Crippen LogP contribution is -2.09. The second-order valence-corrected chi connectivity index (χ2v) is 5.04. The summed E-state index contributed by atoms with van der Waals surface area (Å²) in [6.07, 6.45) is 14.2. The van der Waals surface area contributed by atoms with E-state index in [2.05, 4.69) is 58.1 Å². The van der Waals surface area contributed by atoms with Crippen LogP contribution in [0.2, 0.25) is 0 Å². The van der Waals surface area contributed by atoms with Gasteiger partial charge in [0.2, 0.25) is 0 Å². The molecule has 0 nitrogen and oxygen atoms in total. The van der Waals surface area contributed by atoms with Crippen molar-refractivity contribution >= 4 is 0 Å². The molecule has 0 saturated carbocycles. The van der Waals surface area contributed by atoms with E-state index in [1.54, 1.807) is 0 Å². The lowest BCUT2D eigenvalue weighted by molar-refractivity contribution is 0.459. The number of hydrogen-bond donors (Lipinski definition) is 0. The molecule has 0 saturated heterocycles. The topological polar surface area (TPSA) is 0 Å². The van der Waals surface area contributed by atoms with Gasteiger partial charge in [0.25, 0.3) is 0 Å². The van der Waals surface area contributed by atoms with E-state index in [-0.39, 0.29) is 0 Å². The summed E-state index contributed by atoms with van der Waals surface area (Å²) in [4.78, 5) is 0. The minimum absolute atomic E-state index is 0.631. The summed E-state index contributed by atoms with van der Waals surface area (Å²) in [5.41, 5.74) is 1.44. The first-order chi connectivity index (χ1) is 7.09. The summed E-state index contributed by atoms with van der Waals surface area (Å²) < 4.78 is 0. The molecule has 1 atom stereocenters. The lowest BCUT2D eigenvalue weighted by Gasteiger charge is -2.20. The molecular weight excluding hydrogens is 180 g/mol. The second kappa shape index (κ2) is 5.95. The van der Waals surface area contributed by atoms with Crippen LogP contribution in [0.4, 0.5) is 0 Å². The maximum absolute atomic E-state index is 2.37. The Kier molecular flexibility index (Phi) is 4.87. The molecule has 0 aromatic rings. The molecule has 84 valence electrons. The van der Waals surface area contributed by atoms with Crippen molar-refractivity contribution in [2.24, 2.45) is 17.8 Å². The van der Waals surface area contributed by atoms with Crippen LogP contribution in [0, 0.1) is 17.8 Å². The van der Waals surface area contributed by atoms with E-state index in [0.29, 0.717) is 11.8 Å². The molecule has 0 fully saturated rings. The first-order valence-electron chi connectivity index (χ1n) is 6.09. The Morgan fingerprint density at radius 3 is 2.33 bits per heavy atom. The zero-order valence-corrected chi connectivity index (χ0v) is 10.5. The van der Waals surface area contributed by atoms with Crippen molar-refractivity contribution in [3.05, 3.63) is 36.0 Å². The highest BCUT2D eigenvalue weighted by atomic mass is 14.2. The zero-order valence-electron chi connectivity index (χ0n) is 10.5. The van der Waals surface area contributed by atoms with Crippen molar-refractivity contribution in [2.75, 3.05) is 0 Å². The van der Waals surface area contributed by atoms with E-state index >= 15 is 0 Å². The van der Waals surface area contributed by atoms with Crippen LogP contribution >= 0.6 is 0 Å². The fraction of sp³-hybridized carbons (Fsp3) is 0.600. The van der Waals surface area contributed by atoms with Gasteiger partial charge in [-0.25, -0.2) is 0 Å². The largest absolute Gasteiger partial charge is 0.0859 e. The second-order valence-electron chi connectivity index (χ2n) is 5.04. The highest BCUT2D eigenvalue weighted by Crippen LogP contribution is 2.25. The first-order valence-corrected chi connectivity index (χ1v) is 6.09. The Bertz CT molecular complexity index is 250. The van der Waals surface area contributed by atoms with Crippen LogP contribution in [-0.2, 0) is 0 Å². The Morgan fingerprint density at radius 2 is 1.80 bits per heavy atom. The van der Waals surface area contributed by atoms with Gasteiger partial charge in [-0.1, -0.05) is 49.8 Å². The summed E-state index contributed by atoms with van der Waals surface area (Å²) in [6, 6.07) is 0. The van der Waals surface area contributed by atoms with E-state index in [0.717, 1.165) is 5.92 Å². The third-order valence-corrected chi connectivity index (χ3v) is 3.11.